The minimum Gasteiger partial charge on any atom is -0.376 e. The number of ketones is 1. The predicted molar refractivity (Wildman–Crippen MR) is 90.1 cm³/mol. The molecule has 1 aliphatic heterocycles. The molecule has 0 fully saturated rings. The lowest BCUT2D eigenvalue weighted by Gasteiger charge is -2.17. The first-order valence-corrected chi connectivity index (χ1v) is 7.45. The Morgan fingerprint density at radius 3 is 2.57 bits per heavy atom. The Morgan fingerprint density at radius 1 is 1.09 bits per heavy atom. The number of benzene rings is 2. The van der Waals surface area contributed by atoms with E-state index in [0.717, 1.165) is 0 Å². The first-order valence-electron chi connectivity index (χ1n) is 7.07. The molecule has 6 heteroatoms. The Labute approximate surface area is 136 Å². The van der Waals surface area contributed by atoms with Crippen LogP contribution in [-0.2, 0) is 0 Å². The van der Waals surface area contributed by atoms with Gasteiger partial charge in [0, 0.05) is 14.1 Å². The van der Waals surface area contributed by atoms with Crippen LogP contribution < -0.4 is 10.5 Å². The third-order valence-electron chi connectivity index (χ3n) is 4.00. The van der Waals surface area contributed by atoms with Gasteiger partial charge < -0.3 is 4.90 Å². The summed E-state index contributed by atoms with van der Waals surface area (Å²) in [6.07, 6.45) is 0. The summed E-state index contributed by atoms with van der Waals surface area (Å²) in [4.78, 5) is 31.8. The molecule has 3 aromatic rings. The van der Waals surface area contributed by atoms with E-state index in [4.69, 9.17) is 11.6 Å². The first kappa shape index (κ1) is 14.0. The summed E-state index contributed by atoms with van der Waals surface area (Å²) in [6.45, 7) is 0. The normalized spacial score (nSPS) is 12.4. The zero-order valence-corrected chi connectivity index (χ0v) is 13.3. The van der Waals surface area contributed by atoms with Crippen molar-refractivity contribution >= 4 is 34.0 Å². The zero-order valence-electron chi connectivity index (χ0n) is 12.5. The smallest absolute Gasteiger partial charge is 0.266 e. The molecule has 0 amide bonds. The molecule has 2 heterocycles. The van der Waals surface area contributed by atoms with Gasteiger partial charge in [-0.15, -0.1) is 0 Å². The predicted octanol–water partition coefficient (Wildman–Crippen LogP) is 2.65. The molecule has 0 aliphatic carbocycles. The van der Waals surface area contributed by atoms with Crippen molar-refractivity contribution in [1.82, 2.24) is 9.55 Å². The lowest BCUT2D eigenvalue weighted by molar-refractivity contribution is 0.103. The van der Waals surface area contributed by atoms with Gasteiger partial charge in [0.25, 0.3) is 5.56 Å². The molecule has 0 saturated heterocycles. The highest BCUT2D eigenvalue weighted by molar-refractivity contribution is 6.35. The second-order valence-electron chi connectivity index (χ2n) is 5.61. The second kappa shape index (κ2) is 4.67. The molecule has 0 spiro atoms. The SMILES string of the molecule is CN(C)c1c(Cl)ccc2c1C(=O)c1nc3ccccc3c(=O)n1-2. The Kier molecular flexibility index (Phi) is 2.83. The summed E-state index contributed by atoms with van der Waals surface area (Å²) in [6, 6.07) is 10.4. The van der Waals surface area contributed by atoms with E-state index in [2.05, 4.69) is 4.98 Å². The fourth-order valence-corrected chi connectivity index (χ4v) is 3.35. The number of halogens is 1. The number of carbonyl (C=O) groups is 1. The molecule has 0 radical (unpaired) electrons. The zero-order chi connectivity index (χ0) is 16.3. The third-order valence-corrected chi connectivity index (χ3v) is 4.31. The number of aromatic nitrogens is 2. The molecule has 0 unspecified atom stereocenters. The van der Waals surface area contributed by atoms with Gasteiger partial charge in [0.15, 0.2) is 5.82 Å². The standard InChI is InChI=1S/C17H12ClN3O2/c1-20(2)14-10(18)7-8-12-13(14)15(22)16-19-11-6-4-3-5-9(11)17(23)21(12)16/h3-8H,1-2H3. The monoisotopic (exact) mass is 325 g/mol. The maximum atomic E-state index is 12.9. The van der Waals surface area contributed by atoms with Gasteiger partial charge >= 0.3 is 0 Å². The molecule has 0 N–H and O–H groups in total. The van der Waals surface area contributed by atoms with Crippen LogP contribution in [0.5, 0.6) is 0 Å². The molecule has 0 bridgehead atoms. The number of para-hydroxylation sites is 1. The van der Waals surface area contributed by atoms with E-state index in [1.807, 2.05) is 14.1 Å². The lowest BCUT2D eigenvalue weighted by atomic mass is 10.1. The van der Waals surface area contributed by atoms with Crippen LogP contribution in [0.3, 0.4) is 0 Å². The van der Waals surface area contributed by atoms with Gasteiger partial charge in [-0.05, 0) is 24.3 Å². The van der Waals surface area contributed by atoms with Crippen molar-refractivity contribution in [2.24, 2.45) is 0 Å². The number of nitrogens with zero attached hydrogens (tertiary/aromatic N) is 3. The number of hydrogen-bond donors (Lipinski definition) is 0. The molecule has 0 saturated carbocycles. The molecule has 23 heavy (non-hydrogen) atoms. The van der Waals surface area contributed by atoms with Gasteiger partial charge in [0.05, 0.1) is 32.9 Å². The number of carbonyl (C=O) groups excluding carboxylic acids is 1. The molecule has 5 nitrogen and oxygen atoms in total. The van der Waals surface area contributed by atoms with E-state index < -0.39 is 0 Å². The highest BCUT2D eigenvalue weighted by atomic mass is 35.5. The topological polar surface area (TPSA) is 55.2 Å². The Hall–Kier alpha value is -2.66. The molecule has 2 aromatic carbocycles. The lowest BCUT2D eigenvalue weighted by Crippen LogP contribution is -2.21. The van der Waals surface area contributed by atoms with Crippen LogP contribution in [0.1, 0.15) is 16.2 Å². The number of fused-ring (bicyclic) bond motifs is 4. The molecule has 1 aromatic heterocycles. The van der Waals surface area contributed by atoms with Crippen LogP contribution in [0.25, 0.3) is 16.6 Å². The summed E-state index contributed by atoms with van der Waals surface area (Å²) in [7, 11) is 3.62. The minimum atomic E-state index is -0.283. The maximum Gasteiger partial charge on any atom is 0.266 e. The van der Waals surface area contributed by atoms with Crippen LogP contribution in [0, 0.1) is 0 Å². The fraction of sp³-hybridized carbons (Fsp3) is 0.118. The van der Waals surface area contributed by atoms with Gasteiger partial charge in [0.1, 0.15) is 0 Å². The quantitative estimate of drug-likeness (QED) is 0.540. The highest BCUT2D eigenvalue weighted by Crippen LogP contribution is 2.37. The number of hydrogen-bond acceptors (Lipinski definition) is 4. The van der Waals surface area contributed by atoms with Gasteiger partial charge in [0.2, 0.25) is 5.78 Å². The third kappa shape index (κ3) is 1.77. The fourth-order valence-electron chi connectivity index (χ4n) is 3.02. The summed E-state index contributed by atoms with van der Waals surface area (Å²) >= 11 is 6.25. The van der Waals surface area contributed by atoms with Crippen molar-refractivity contribution in [3.63, 3.8) is 0 Å². The summed E-state index contributed by atoms with van der Waals surface area (Å²) in [5.74, 6) is -0.150. The first-order chi connectivity index (χ1) is 11.0. The summed E-state index contributed by atoms with van der Waals surface area (Å²) < 4.78 is 1.38. The van der Waals surface area contributed by atoms with Gasteiger partial charge in [-0.2, -0.15) is 0 Å². The van der Waals surface area contributed by atoms with E-state index in [-0.39, 0.29) is 17.2 Å². The molecule has 1 aliphatic rings. The van der Waals surface area contributed by atoms with Gasteiger partial charge in [-0.25, -0.2) is 4.98 Å². The summed E-state index contributed by atoms with van der Waals surface area (Å²) in [5.41, 5.74) is 1.82. The molecular formula is C17H12ClN3O2. The highest BCUT2D eigenvalue weighted by Gasteiger charge is 2.34. The van der Waals surface area contributed by atoms with Crippen LogP contribution in [0.4, 0.5) is 5.69 Å². The molecule has 4 rings (SSSR count). The van der Waals surface area contributed by atoms with Crippen molar-refractivity contribution < 1.29 is 4.79 Å². The van der Waals surface area contributed by atoms with Crippen molar-refractivity contribution in [1.29, 1.82) is 0 Å². The van der Waals surface area contributed by atoms with Gasteiger partial charge in [-0.1, -0.05) is 23.7 Å². The van der Waals surface area contributed by atoms with E-state index >= 15 is 0 Å². The summed E-state index contributed by atoms with van der Waals surface area (Å²) in [5, 5.41) is 0.950. The van der Waals surface area contributed by atoms with Crippen molar-refractivity contribution in [2.75, 3.05) is 19.0 Å². The average Bonchev–Trinajstić information content (AvgIpc) is 2.80. The van der Waals surface area contributed by atoms with Crippen LogP contribution in [0.15, 0.2) is 41.2 Å². The molecular weight excluding hydrogens is 314 g/mol. The van der Waals surface area contributed by atoms with E-state index in [0.29, 0.717) is 32.9 Å². The van der Waals surface area contributed by atoms with E-state index in [9.17, 15) is 9.59 Å². The van der Waals surface area contributed by atoms with Crippen LogP contribution in [0.2, 0.25) is 5.02 Å². The van der Waals surface area contributed by atoms with Crippen LogP contribution >= 0.6 is 11.6 Å². The minimum absolute atomic E-state index is 0.133. The Balaban J connectivity index is 2.17. The molecule has 0 atom stereocenters. The van der Waals surface area contributed by atoms with E-state index in [1.54, 1.807) is 41.3 Å². The van der Waals surface area contributed by atoms with E-state index in [1.165, 1.54) is 4.57 Å². The van der Waals surface area contributed by atoms with Crippen LogP contribution in [-0.4, -0.2) is 29.4 Å². The average molecular weight is 326 g/mol. The van der Waals surface area contributed by atoms with Crippen molar-refractivity contribution in [3.8, 4) is 5.69 Å². The van der Waals surface area contributed by atoms with Crippen molar-refractivity contribution in [2.45, 2.75) is 0 Å². The number of rotatable bonds is 1. The second-order valence-corrected chi connectivity index (χ2v) is 6.01. The Bertz CT molecular complexity index is 1050. The Morgan fingerprint density at radius 2 is 1.83 bits per heavy atom. The largest absolute Gasteiger partial charge is 0.376 e. The van der Waals surface area contributed by atoms with Gasteiger partial charge in [-0.3, -0.25) is 14.2 Å². The van der Waals surface area contributed by atoms with Crippen molar-refractivity contribution in [3.05, 3.63) is 63.2 Å². The number of anilines is 1. The molecule has 114 valence electrons. The maximum absolute atomic E-state index is 12.9.